The maximum Gasteiger partial charge on any atom is 0.128 e. The third kappa shape index (κ3) is 3.65. The van der Waals surface area contributed by atoms with E-state index in [1.165, 1.54) is 0 Å². The summed E-state index contributed by atoms with van der Waals surface area (Å²) in [6, 6.07) is 3.90. The van der Waals surface area contributed by atoms with Gasteiger partial charge in [-0.05, 0) is 31.4 Å². The molecule has 1 fully saturated rings. The van der Waals surface area contributed by atoms with Gasteiger partial charge in [0.2, 0.25) is 0 Å². The number of aromatic nitrogens is 1. The van der Waals surface area contributed by atoms with E-state index in [1.54, 1.807) is 0 Å². The number of aliphatic hydroxyl groups excluding tert-OH is 2. The van der Waals surface area contributed by atoms with Crippen LogP contribution in [-0.4, -0.2) is 47.6 Å². The summed E-state index contributed by atoms with van der Waals surface area (Å²) in [4.78, 5) is 6.78. The lowest BCUT2D eigenvalue weighted by Gasteiger charge is -2.32. The van der Waals surface area contributed by atoms with Gasteiger partial charge in [0.1, 0.15) is 5.82 Å². The molecular weight excluding hydrogens is 244 g/mol. The minimum absolute atomic E-state index is 0.0379. The van der Waals surface area contributed by atoms with Crippen molar-refractivity contribution in [1.82, 2.24) is 4.98 Å². The SMILES string of the molecule is Cc1nc(N2CCC(OCCO)CC2)ccc1CO. The molecule has 0 spiro atoms. The molecule has 106 valence electrons. The Hall–Kier alpha value is -1.17. The van der Waals surface area contributed by atoms with E-state index < -0.39 is 0 Å². The van der Waals surface area contributed by atoms with Crippen LogP contribution in [-0.2, 0) is 11.3 Å². The first-order valence-electron chi connectivity index (χ1n) is 6.79. The maximum absolute atomic E-state index is 9.15. The van der Waals surface area contributed by atoms with E-state index in [2.05, 4.69) is 9.88 Å². The summed E-state index contributed by atoms with van der Waals surface area (Å²) in [5.41, 5.74) is 1.77. The van der Waals surface area contributed by atoms with Crippen LogP contribution in [0.3, 0.4) is 0 Å². The van der Waals surface area contributed by atoms with Gasteiger partial charge in [-0.2, -0.15) is 0 Å². The van der Waals surface area contributed by atoms with Gasteiger partial charge >= 0.3 is 0 Å². The summed E-state index contributed by atoms with van der Waals surface area (Å²) in [5, 5.41) is 17.9. The normalized spacial score (nSPS) is 16.9. The lowest BCUT2D eigenvalue weighted by Crippen LogP contribution is -2.37. The monoisotopic (exact) mass is 266 g/mol. The number of nitrogens with zero attached hydrogens (tertiary/aromatic N) is 2. The molecule has 2 heterocycles. The van der Waals surface area contributed by atoms with Crippen molar-refractivity contribution in [2.24, 2.45) is 0 Å². The first-order chi connectivity index (χ1) is 9.24. The molecule has 1 aliphatic rings. The molecule has 1 aromatic rings. The molecule has 0 radical (unpaired) electrons. The average Bonchev–Trinajstić information content (AvgIpc) is 2.45. The van der Waals surface area contributed by atoms with Gasteiger partial charge in [-0.1, -0.05) is 6.07 Å². The number of hydrogen-bond donors (Lipinski definition) is 2. The van der Waals surface area contributed by atoms with Gasteiger partial charge in [-0.15, -0.1) is 0 Å². The van der Waals surface area contributed by atoms with E-state index in [0.29, 0.717) is 6.61 Å². The van der Waals surface area contributed by atoms with Crippen LogP contribution in [0.5, 0.6) is 0 Å². The molecule has 1 saturated heterocycles. The summed E-state index contributed by atoms with van der Waals surface area (Å²) < 4.78 is 5.55. The lowest BCUT2D eigenvalue weighted by atomic mass is 10.1. The van der Waals surface area contributed by atoms with Crippen LogP contribution < -0.4 is 4.90 Å². The Labute approximate surface area is 113 Å². The quantitative estimate of drug-likeness (QED) is 0.827. The Balaban J connectivity index is 1.92. The minimum atomic E-state index is 0.0379. The average molecular weight is 266 g/mol. The summed E-state index contributed by atoms with van der Waals surface area (Å²) in [6.45, 7) is 4.31. The molecule has 2 N–H and O–H groups in total. The lowest BCUT2D eigenvalue weighted by molar-refractivity contribution is 0.0158. The Bertz CT molecular complexity index is 404. The molecule has 5 heteroatoms. The van der Waals surface area contributed by atoms with Gasteiger partial charge in [0.05, 0.1) is 25.9 Å². The number of aliphatic hydroxyl groups is 2. The molecule has 0 aromatic carbocycles. The first-order valence-corrected chi connectivity index (χ1v) is 6.79. The fraction of sp³-hybridized carbons (Fsp3) is 0.643. The van der Waals surface area contributed by atoms with Crippen LogP contribution in [0, 0.1) is 6.92 Å². The Morgan fingerprint density at radius 2 is 2.05 bits per heavy atom. The van der Waals surface area contributed by atoms with E-state index in [-0.39, 0.29) is 19.3 Å². The van der Waals surface area contributed by atoms with E-state index >= 15 is 0 Å². The third-order valence-corrected chi connectivity index (χ3v) is 3.56. The standard InChI is InChI=1S/C14H22N2O3/c1-11-12(10-18)2-3-14(15-11)16-6-4-13(5-7-16)19-9-8-17/h2-3,13,17-18H,4-10H2,1H3. The van der Waals surface area contributed by atoms with Crippen LogP contribution in [0.2, 0.25) is 0 Å². The topological polar surface area (TPSA) is 65.8 Å². The van der Waals surface area contributed by atoms with Gasteiger partial charge in [-0.3, -0.25) is 0 Å². The Kier molecular flexibility index (Phi) is 5.13. The molecule has 2 rings (SSSR count). The number of piperidine rings is 1. The Morgan fingerprint density at radius 3 is 2.63 bits per heavy atom. The highest BCUT2D eigenvalue weighted by Gasteiger charge is 2.20. The molecule has 1 aliphatic heterocycles. The molecule has 19 heavy (non-hydrogen) atoms. The van der Waals surface area contributed by atoms with Crippen molar-refractivity contribution in [2.75, 3.05) is 31.2 Å². The van der Waals surface area contributed by atoms with Crippen LogP contribution in [0.4, 0.5) is 5.82 Å². The van der Waals surface area contributed by atoms with Crippen LogP contribution in [0.15, 0.2) is 12.1 Å². The smallest absolute Gasteiger partial charge is 0.128 e. The molecule has 5 nitrogen and oxygen atoms in total. The largest absolute Gasteiger partial charge is 0.394 e. The summed E-state index contributed by atoms with van der Waals surface area (Å²) >= 11 is 0. The third-order valence-electron chi connectivity index (χ3n) is 3.56. The number of rotatable bonds is 5. The predicted molar refractivity (Wildman–Crippen MR) is 73.2 cm³/mol. The molecular formula is C14H22N2O3. The summed E-state index contributed by atoms with van der Waals surface area (Å²) in [5.74, 6) is 0.968. The van der Waals surface area contributed by atoms with Crippen LogP contribution in [0.25, 0.3) is 0 Å². The van der Waals surface area contributed by atoms with Crippen molar-refractivity contribution in [2.45, 2.75) is 32.5 Å². The van der Waals surface area contributed by atoms with Crippen molar-refractivity contribution in [3.05, 3.63) is 23.4 Å². The zero-order valence-electron chi connectivity index (χ0n) is 11.4. The second-order valence-electron chi connectivity index (χ2n) is 4.85. The van der Waals surface area contributed by atoms with Crippen molar-refractivity contribution < 1.29 is 14.9 Å². The van der Waals surface area contributed by atoms with Crippen LogP contribution in [0.1, 0.15) is 24.1 Å². The van der Waals surface area contributed by atoms with Crippen molar-refractivity contribution >= 4 is 5.82 Å². The number of pyridine rings is 1. The highest BCUT2D eigenvalue weighted by Crippen LogP contribution is 2.21. The number of aryl methyl sites for hydroxylation is 1. The highest BCUT2D eigenvalue weighted by molar-refractivity contribution is 5.42. The van der Waals surface area contributed by atoms with E-state index in [9.17, 15) is 0 Å². The number of anilines is 1. The maximum atomic E-state index is 9.15. The highest BCUT2D eigenvalue weighted by atomic mass is 16.5. The van der Waals surface area contributed by atoms with E-state index in [1.807, 2.05) is 19.1 Å². The summed E-state index contributed by atoms with van der Waals surface area (Å²) in [6.07, 6.45) is 2.17. The fourth-order valence-corrected chi connectivity index (χ4v) is 2.39. The molecule has 0 saturated carbocycles. The molecule has 0 bridgehead atoms. The van der Waals surface area contributed by atoms with Crippen LogP contribution >= 0.6 is 0 Å². The van der Waals surface area contributed by atoms with Gasteiger partial charge in [-0.25, -0.2) is 4.98 Å². The van der Waals surface area contributed by atoms with E-state index in [0.717, 1.165) is 43.0 Å². The summed E-state index contributed by atoms with van der Waals surface area (Å²) in [7, 11) is 0. The second kappa shape index (κ2) is 6.84. The number of hydrogen-bond acceptors (Lipinski definition) is 5. The van der Waals surface area contributed by atoms with Gasteiger partial charge in [0.25, 0.3) is 0 Å². The molecule has 0 atom stereocenters. The first kappa shape index (κ1) is 14.2. The molecule has 0 amide bonds. The second-order valence-corrected chi connectivity index (χ2v) is 4.85. The fourth-order valence-electron chi connectivity index (χ4n) is 2.39. The van der Waals surface area contributed by atoms with Gasteiger partial charge in [0.15, 0.2) is 0 Å². The van der Waals surface area contributed by atoms with Gasteiger partial charge in [0, 0.05) is 18.8 Å². The molecule has 0 aliphatic carbocycles. The van der Waals surface area contributed by atoms with Gasteiger partial charge < -0.3 is 19.8 Å². The van der Waals surface area contributed by atoms with Crippen molar-refractivity contribution in [1.29, 1.82) is 0 Å². The predicted octanol–water partition coefficient (Wildman–Crippen LogP) is 0.860. The van der Waals surface area contributed by atoms with Crippen molar-refractivity contribution in [3.8, 4) is 0 Å². The molecule has 0 unspecified atom stereocenters. The van der Waals surface area contributed by atoms with Crippen molar-refractivity contribution in [3.63, 3.8) is 0 Å². The Morgan fingerprint density at radius 1 is 1.32 bits per heavy atom. The molecule has 1 aromatic heterocycles. The van der Waals surface area contributed by atoms with E-state index in [4.69, 9.17) is 14.9 Å². The zero-order valence-corrected chi connectivity index (χ0v) is 11.4. The number of ether oxygens (including phenoxy) is 1. The minimum Gasteiger partial charge on any atom is -0.394 e. The zero-order chi connectivity index (χ0) is 13.7.